The summed E-state index contributed by atoms with van der Waals surface area (Å²) in [7, 11) is 0. The van der Waals surface area contributed by atoms with Crippen molar-refractivity contribution in [1.29, 1.82) is 0 Å². The van der Waals surface area contributed by atoms with Gasteiger partial charge in [-0.15, -0.1) is 0 Å². The molecule has 0 spiro atoms. The van der Waals surface area contributed by atoms with Gasteiger partial charge < -0.3 is 15.5 Å². The zero-order valence-corrected chi connectivity index (χ0v) is 15.0. The van der Waals surface area contributed by atoms with E-state index in [0.29, 0.717) is 12.2 Å². The van der Waals surface area contributed by atoms with Gasteiger partial charge in [-0.25, -0.2) is 9.59 Å². The molecule has 0 aliphatic rings. The van der Waals surface area contributed by atoms with E-state index in [4.69, 9.17) is 10.2 Å². The van der Waals surface area contributed by atoms with Crippen molar-refractivity contribution in [2.75, 3.05) is 5.75 Å². The van der Waals surface area contributed by atoms with Crippen molar-refractivity contribution in [3.8, 4) is 0 Å². The number of hydrogen-bond donors (Lipinski definition) is 4. The molecule has 2 aromatic carbocycles. The summed E-state index contributed by atoms with van der Waals surface area (Å²) >= 11 is 4.28. The maximum atomic E-state index is 12.5. The Morgan fingerprint density at radius 2 is 1.69 bits per heavy atom. The molecular formula is C19H19NO5S. The van der Waals surface area contributed by atoms with E-state index < -0.39 is 23.4 Å². The molecule has 1 atom stereocenters. The summed E-state index contributed by atoms with van der Waals surface area (Å²) in [4.78, 5) is 34.8. The highest BCUT2D eigenvalue weighted by atomic mass is 32.1. The predicted molar refractivity (Wildman–Crippen MR) is 100 cm³/mol. The molecule has 2 aromatic rings. The van der Waals surface area contributed by atoms with Gasteiger partial charge in [0.05, 0.1) is 11.1 Å². The minimum absolute atomic E-state index is 0.0870. The highest BCUT2D eigenvalue weighted by molar-refractivity contribution is 7.80. The average molecular weight is 373 g/mol. The Kier molecular flexibility index (Phi) is 6.41. The van der Waals surface area contributed by atoms with Crippen LogP contribution in [0.25, 0.3) is 0 Å². The number of aryl methyl sites for hydroxylation is 1. The fourth-order valence-corrected chi connectivity index (χ4v) is 2.80. The predicted octanol–water partition coefficient (Wildman–Crippen LogP) is 2.66. The fourth-order valence-electron chi connectivity index (χ4n) is 2.58. The molecule has 0 bridgehead atoms. The second-order valence-corrected chi connectivity index (χ2v) is 6.22. The lowest BCUT2D eigenvalue weighted by molar-refractivity contribution is 0.0651. The summed E-state index contributed by atoms with van der Waals surface area (Å²) in [5.41, 5.74) is 1.49. The molecule has 0 saturated carbocycles. The van der Waals surface area contributed by atoms with E-state index in [2.05, 4.69) is 17.9 Å². The van der Waals surface area contributed by atoms with Crippen molar-refractivity contribution in [2.45, 2.75) is 19.4 Å². The Bertz CT molecular complexity index is 850. The first-order valence-electron chi connectivity index (χ1n) is 7.90. The number of nitrogens with one attached hydrogen (secondary N) is 1. The van der Waals surface area contributed by atoms with Crippen molar-refractivity contribution >= 4 is 30.5 Å². The quantitative estimate of drug-likeness (QED) is 0.559. The van der Waals surface area contributed by atoms with E-state index in [9.17, 15) is 14.4 Å². The molecule has 0 saturated heterocycles. The largest absolute Gasteiger partial charge is 0.478 e. The van der Waals surface area contributed by atoms with Crippen LogP contribution in [0.2, 0.25) is 0 Å². The fraction of sp³-hybridized carbons (Fsp3) is 0.211. The molecule has 0 radical (unpaired) electrons. The summed E-state index contributed by atoms with van der Waals surface area (Å²) in [6.45, 7) is 1.98. The first-order chi connectivity index (χ1) is 12.3. The molecule has 0 fully saturated rings. The van der Waals surface area contributed by atoms with Crippen LogP contribution in [0.1, 0.15) is 42.2 Å². The third-order valence-electron chi connectivity index (χ3n) is 4.03. The van der Waals surface area contributed by atoms with Crippen LogP contribution in [0.15, 0.2) is 42.5 Å². The molecule has 3 N–H and O–H groups in total. The van der Waals surface area contributed by atoms with Crippen molar-refractivity contribution in [3.63, 3.8) is 0 Å². The first-order valence-corrected chi connectivity index (χ1v) is 8.53. The van der Waals surface area contributed by atoms with Gasteiger partial charge in [0.1, 0.15) is 0 Å². The molecule has 0 aliphatic carbocycles. The molecule has 26 heavy (non-hydrogen) atoms. The minimum Gasteiger partial charge on any atom is -0.478 e. The second-order valence-electron chi connectivity index (χ2n) is 5.85. The number of carbonyl (C=O) groups excluding carboxylic acids is 1. The summed E-state index contributed by atoms with van der Waals surface area (Å²) in [5.74, 6) is -2.83. The normalized spacial score (nSPS) is 11.6. The molecule has 6 nitrogen and oxygen atoms in total. The SMILES string of the molecule is Cc1ccccc1CC(CS)NC(=O)c1ccc(C(=O)O)c(C(=O)O)c1. The van der Waals surface area contributed by atoms with Gasteiger partial charge in [0.15, 0.2) is 0 Å². The zero-order chi connectivity index (χ0) is 19.3. The number of carbonyl (C=O) groups is 3. The molecule has 1 unspecified atom stereocenters. The number of hydrogen-bond acceptors (Lipinski definition) is 4. The molecule has 136 valence electrons. The van der Waals surface area contributed by atoms with Gasteiger partial charge >= 0.3 is 11.9 Å². The number of amides is 1. The number of carboxylic acid groups (broad SMARTS) is 2. The molecule has 0 aliphatic heterocycles. The standard InChI is InChI=1S/C19H19NO5S/c1-11-4-2-3-5-12(11)8-14(10-26)20-17(21)13-6-7-15(18(22)23)16(9-13)19(24)25/h2-7,9,14,26H,8,10H2,1H3,(H,20,21)(H,22,23)(H,24,25). The van der Waals surface area contributed by atoms with Crippen LogP contribution < -0.4 is 5.32 Å². The first kappa shape index (κ1) is 19.5. The Balaban J connectivity index is 2.20. The molecule has 2 rings (SSSR count). The molecular weight excluding hydrogens is 354 g/mol. The summed E-state index contributed by atoms with van der Waals surface area (Å²) in [6.07, 6.45) is 0.584. The van der Waals surface area contributed by atoms with Gasteiger partial charge in [-0.2, -0.15) is 12.6 Å². The summed E-state index contributed by atoms with van der Waals surface area (Å²) in [6, 6.07) is 11.1. The van der Waals surface area contributed by atoms with Crippen molar-refractivity contribution < 1.29 is 24.6 Å². The number of aromatic carboxylic acids is 2. The Hall–Kier alpha value is -2.80. The third kappa shape index (κ3) is 4.64. The lowest BCUT2D eigenvalue weighted by Crippen LogP contribution is -2.38. The number of carboxylic acids is 2. The van der Waals surface area contributed by atoms with Gasteiger partial charge in [0.25, 0.3) is 5.91 Å². The highest BCUT2D eigenvalue weighted by Crippen LogP contribution is 2.14. The van der Waals surface area contributed by atoms with E-state index in [1.54, 1.807) is 0 Å². The lowest BCUT2D eigenvalue weighted by atomic mass is 10.0. The van der Waals surface area contributed by atoms with Gasteiger partial charge in [0, 0.05) is 17.4 Å². The van der Waals surface area contributed by atoms with Gasteiger partial charge in [0.2, 0.25) is 0 Å². The Morgan fingerprint density at radius 3 is 2.27 bits per heavy atom. The highest BCUT2D eigenvalue weighted by Gasteiger charge is 2.20. The van der Waals surface area contributed by atoms with Gasteiger partial charge in [-0.3, -0.25) is 4.79 Å². The smallest absolute Gasteiger partial charge is 0.336 e. The monoisotopic (exact) mass is 373 g/mol. The van der Waals surface area contributed by atoms with Crippen LogP contribution in [0.3, 0.4) is 0 Å². The average Bonchev–Trinajstić information content (AvgIpc) is 2.62. The molecule has 0 heterocycles. The van der Waals surface area contributed by atoms with Gasteiger partial charge in [-0.1, -0.05) is 24.3 Å². The van der Waals surface area contributed by atoms with Gasteiger partial charge in [-0.05, 0) is 42.7 Å². The molecule has 1 amide bonds. The third-order valence-corrected chi connectivity index (χ3v) is 4.47. The van der Waals surface area contributed by atoms with Crippen LogP contribution in [0.4, 0.5) is 0 Å². The lowest BCUT2D eigenvalue weighted by Gasteiger charge is -2.18. The number of benzene rings is 2. The minimum atomic E-state index is -1.40. The second kappa shape index (κ2) is 8.53. The maximum absolute atomic E-state index is 12.5. The number of thiol groups is 1. The van der Waals surface area contributed by atoms with Crippen molar-refractivity contribution in [2.24, 2.45) is 0 Å². The Labute approximate surface area is 156 Å². The topological polar surface area (TPSA) is 104 Å². The van der Waals surface area contributed by atoms with Crippen LogP contribution in [-0.4, -0.2) is 39.9 Å². The summed E-state index contributed by atoms with van der Waals surface area (Å²) < 4.78 is 0. The van der Waals surface area contributed by atoms with Crippen LogP contribution in [-0.2, 0) is 6.42 Å². The van der Waals surface area contributed by atoms with Crippen LogP contribution in [0.5, 0.6) is 0 Å². The van der Waals surface area contributed by atoms with E-state index >= 15 is 0 Å². The van der Waals surface area contributed by atoms with E-state index in [0.717, 1.165) is 23.3 Å². The van der Waals surface area contributed by atoms with E-state index in [1.165, 1.54) is 6.07 Å². The maximum Gasteiger partial charge on any atom is 0.336 e. The number of rotatable bonds is 7. The molecule has 7 heteroatoms. The molecule has 0 aromatic heterocycles. The van der Waals surface area contributed by atoms with Crippen LogP contribution in [0, 0.1) is 6.92 Å². The van der Waals surface area contributed by atoms with E-state index in [1.807, 2.05) is 31.2 Å². The van der Waals surface area contributed by atoms with Crippen molar-refractivity contribution in [3.05, 3.63) is 70.3 Å². The van der Waals surface area contributed by atoms with Crippen LogP contribution >= 0.6 is 12.6 Å². The Morgan fingerprint density at radius 1 is 1.04 bits per heavy atom. The van der Waals surface area contributed by atoms with E-state index in [-0.39, 0.29) is 17.2 Å². The zero-order valence-electron chi connectivity index (χ0n) is 14.1. The summed E-state index contributed by atoms with van der Waals surface area (Å²) in [5, 5.41) is 21.0. The van der Waals surface area contributed by atoms with Crippen molar-refractivity contribution in [1.82, 2.24) is 5.32 Å².